The molecule has 0 radical (unpaired) electrons. The summed E-state index contributed by atoms with van der Waals surface area (Å²) >= 11 is 0. The number of nitriles is 1. The molecule has 3 unspecified atom stereocenters. The highest BCUT2D eigenvalue weighted by Gasteiger charge is 2.44. The van der Waals surface area contributed by atoms with Gasteiger partial charge in [0.15, 0.2) is 6.29 Å². The fourth-order valence-corrected chi connectivity index (χ4v) is 3.14. The molecule has 1 saturated heterocycles. The third-order valence-electron chi connectivity index (χ3n) is 4.32. The molecule has 0 bridgehead atoms. The quantitative estimate of drug-likeness (QED) is 0.908. The van der Waals surface area contributed by atoms with Gasteiger partial charge in [-0.3, -0.25) is 0 Å². The van der Waals surface area contributed by atoms with Crippen LogP contribution in [0.2, 0.25) is 0 Å². The first-order valence-electron chi connectivity index (χ1n) is 7.77. The molecule has 5 nitrogen and oxygen atoms in total. The summed E-state index contributed by atoms with van der Waals surface area (Å²) in [5, 5.41) is 9.07. The number of nitrogens with two attached hydrogens (primary N) is 1. The minimum atomic E-state index is -0.554. The van der Waals surface area contributed by atoms with E-state index in [-0.39, 0.29) is 18.4 Å². The summed E-state index contributed by atoms with van der Waals surface area (Å²) in [5.74, 6) is 0.723. The highest BCUT2D eigenvalue weighted by molar-refractivity contribution is 5.46. The second kappa shape index (κ2) is 5.88. The minimum Gasteiger partial charge on any atom is -0.485 e. The van der Waals surface area contributed by atoms with Crippen LogP contribution in [0.5, 0.6) is 5.75 Å². The highest BCUT2D eigenvalue weighted by Crippen LogP contribution is 2.41. The molecule has 2 aliphatic rings. The minimum absolute atomic E-state index is 0.228. The van der Waals surface area contributed by atoms with Gasteiger partial charge < -0.3 is 19.9 Å². The number of hydrogen-bond acceptors (Lipinski definition) is 5. The first-order chi connectivity index (χ1) is 10.5. The third-order valence-corrected chi connectivity index (χ3v) is 4.32. The van der Waals surface area contributed by atoms with Crippen molar-refractivity contribution in [3.8, 4) is 11.8 Å². The Bertz CT molecular complexity index is 588. The van der Waals surface area contributed by atoms with E-state index < -0.39 is 5.60 Å². The van der Waals surface area contributed by atoms with Crippen molar-refractivity contribution < 1.29 is 14.2 Å². The van der Waals surface area contributed by atoms with E-state index in [1.165, 1.54) is 0 Å². The Morgan fingerprint density at radius 3 is 2.86 bits per heavy atom. The Hall–Kier alpha value is -1.61. The normalized spacial score (nSPS) is 30.0. The van der Waals surface area contributed by atoms with Gasteiger partial charge in [0, 0.05) is 12.2 Å². The predicted molar refractivity (Wildman–Crippen MR) is 81.3 cm³/mol. The summed E-state index contributed by atoms with van der Waals surface area (Å²) in [6, 6.07) is 7.13. The van der Waals surface area contributed by atoms with Crippen LogP contribution in [0.15, 0.2) is 18.2 Å². The van der Waals surface area contributed by atoms with E-state index in [0.717, 1.165) is 37.2 Å². The number of fused-ring (bicyclic) bond motifs is 1. The molecule has 2 heterocycles. The van der Waals surface area contributed by atoms with Crippen LogP contribution in [0.1, 0.15) is 50.3 Å². The number of nitrogens with zero attached hydrogens (tertiary/aromatic N) is 1. The van der Waals surface area contributed by atoms with E-state index in [2.05, 4.69) is 6.07 Å². The molecule has 0 saturated carbocycles. The number of hydrogen-bond donors (Lipinski definition) is 1. The fourth-order valence-electron chi connectivity index (χ4n) is 3.14. The summed E-state index contributed by atoms with van der Waals surface area (Å²) in [6.45, 7) is 4.67. The summed E-state index contributed by atoms with van der Waals surface area (Å²) in [5.41, 5.74) is 7.28. The van der Waals surface area contributed by atoms with Crippen molar-refractivity contribution in [2.75, 3.05) is 6.61 Å². The largest absolute Gasteiger partial charge is 0.485 e. The van der Waals surface area contributed by atoms with Crippen molar-refractivity contribution in [1.29, 1.82) is 5.26 Å². The second-order valence-electron chi connectivity index (χ2n) is 6.45. The molecule has 2 N–H and O–H groups in total. The van der Waals surface area contributed by atoms with E-state index in [9.17, 15) is 0 Å². The molecule has 0 spiro atoms. The van der Waals surface area contributed by atoms with Crippen molar-refractivity contribution in [3.63, 3.8) is 0 Å². The number of rotatable bonds is 2. The summed E-state index contributed by atoms with van der Waals surface area (Å²) in [7, 11) is 0. The van der Waals surface area contributed by atoms with Crippen LogP contribution in [-0.2, 0) is 9.47 Å². The molecule has 3 rings (SSSR count). The van der Waals surface area contributed by atoms with Crippen molar-refractivity contribution in [1.82, 2.24) is 0 Å². The van der Waals surface area contributed by atoms with Crippen LogP contribution in [0.3, 0.4) is 0 Å². The Kier molecular flexibility index (Phi) is 4.09. The van der Waals surface area contributed by atoms with Gasteiger partial charge in [-0.15, -0.1) is 0 Å². The average molecular weight is 302 g/mol. The molecule has 1 fully saturated rings. The molecule has 118 valence electrons. The van der Waals surface area contributed by atoms with Crippen LogP contribution in [0, 0.1) is 11.3 Å². The Morgan fingerprint density at radius 1 is 1.36 bits per heavy atom. The molecule has 0 aliphatic carbocycles. The molecule has 2 aliphatic heterocycles. The maximum atomic E-state index is 9.07. The van der Waals surface area contributed by atoms with E-state index in [4.69, 9.17) is 25.2 Å². The molecular formula is C17H22N2O3. The monoisotopic (exact) mass is 302 g/mol. The van der Waals surface area contributed by atoms with Crippen LogP contribution < -0.4 is 10.5 Å². The Labute approximate surface area is 131 Å². The maximum absolute atomic E-state index is 9.07. The van der Waals surface area contributed by atoms with Gasteiger partial charge in [-0.1, -0.05) is 0 Å². The van der Waals surface area contributed by atoms with Gasteiger partial charge in [0.25, 0.3) is 0 Å². The second-order valence-corrected chi connectivity index (χ2v) is 6.45. The van der Waals surface area contributed by atoms with Gasteiger partial charge in [0.05, 0.1) is 17.7 Å². The molecule has 1 aromatic rings. The van der Waals surface area contributed by atoms with Crippen LogP contribution in [0.25, 0.3) is 0 Å². The maximum Gasteiger partial charge on any atom is 0.158 e. The first kappa shape index (κ1) is 15.3. The zero-order valence-corrected chi connectivity index (χ0v) is 13.0. The van der Waals surface area contributed by atoms with Gasteiger partial charge >= 0.3 is 0 Å². The van der Waals surface area contributed by atoms with E-state index >= 15 is 0 Å². The standard InChI is InChI=1S/C17H22N2O3/c1-17(2)16(21-14-5-3-4-8-20-14)15(19)12-9-11(10-18)6-7-13(12)22-17/h6-7,9,14-16H,3-5,8,19H2,1-2H3. The zero-order chi connectivity index (χ0) is 15.7. The number of benzene rings is 1. The van der Waals surface area contributed by atoms with Crippen molar-refractivity contribution in [2.24, 2.45) is 5.73 Å². The van der Waals surface area contributed by atoms with Gasteiger partial charge in [-0.2, -0.15) is 5.26 Å². The molecule has 22 heavy (non-hydrogen) atoms. The molecule has 1 aromatic carbocycles. The zero-order valence-electron chi connectivity index (χ0n) is 13.0. The van der Waals surface area contributed by atoms with Gasteiger partial charge in [0.1, 0.15) is 17.5 Å². The summed E-state index contributed by atoms with van der Waals surface area (Å²) in [4.78, 5) is 0. The van der Waals surface area contributed by atoms with Crippen molar-refractivity contribution in [3.05, 3.63) is 29.3 Å². The highest BCUT2D eigenvalue weighted by atomic mass is 16.7. The molecular weight excluding hydrogens is 280 g/mol. The molecule has 3 atom stereocenters. The summed E-state index contributed by atoms with van der Waals surface area (Å²) in [6.07, 6.45) is 2.50. The molecule has 0 aromatic heterocycles. The lowest BCUT2D eigenvalue weighted by Gasteiger charge is -2.44. The third kappa shape index (κ3) is 2.82. The smallest absolute Gasteiger partial charge is 0.158 e. The van der Waals surface area contributed by atoms with Crippen molar-refractivity contribution >= 4 is 0 Å². The van der Waals surface area contributed by atoms with E-state index in [0.29, 0.717) is 5.56 Å². The van der Waals surface area contributed by atoms with Crippen LogP contribution in [-0.4, -0.2) is 24.6 Å². The van der Waals surface area contributed by atoms with Gasteiger partial charge in [0.2, 0.25) is 0 Å². The van der Waals surface area contributed by atoms with Gasteiger partial charge in [-0.25, -0.2) is 0 Å². The average Bonchev–Trinajstić information content (AvgIpc) is 2.52. The van der Waals surface area contributed by atoms with Crippen LogP contribution >= 0.6 is 0 Å². The lowest BCUT2D eigenvalue weighted by Crippen LogP contribution is -2.54. The van der Waals surface area contributed by atoms with Gasteiger partial charge in [-0.05, 0) is 51.3 Å². The lowest BCUT2D eigenvalue weighted by molar-refractivity contribution is -0.227. The SMILES string of the molecule is CC1(C)Oc2ccc(C#N)cc2C(N)C1OC1CCCCO1. The molecule has 0 amide bonds. The van der Waals surface area contributed by atoms with E-state index in [1.807, 2.05) is 19.9 Å². The topological polar surface area (TPSA) is 77.5 Å². The van der Waals surface area contributed by atoms with E-state index in [1.54, 1.807) is 12.1 Å². The molecule has 5 heteroatoms. The number of ether oxygens (including phenoxy) is 3. The first-order valence-corrected chi connectivity index (χ1v) is 7.77. The predicted octanol–water partition coefficient (Wildman–Crippen LogP) is 2.64. The Morgan fingerprint density at radius 2 is 2.18 bits per heavy atom. The summed E-state index contributed by atoms with van der Waals surface area (Å²) < 4.78 is 17.9. The Balaban J connectivity index is 1.87. The van der Waals surface area contributed by atoms with Crippen molar-refractivity contribution in [2.45, 2.75) is 57.1 Å². The van der Waals surface area contributed by atoms with Crippen LogP contribution in [0.4, 0.5) is 0 Å². The lowest BCUT2D eigenvalue weighted by atomic mass is 9.86. The fraction of sp³-hybridized carbons (Fsp3) is 0.588.